The molecular weight excluding hydrogens is 495 g/mol. The zero-order valence-corrected chi connectivity index (χ0v) is 20.4. The molecule has 0 unspecified atom stereocenters. The minimum absolute atomic E-state index is 0.0456. The van der Waals surface area contributed by atoms with Crippen LogP contribution in [0.1, 0.15) is 36.7 Å². The molecule has 9 nitrogen and oxygen atoms in total. The Hall–Kier alpha value is -2.87. The van der Waals surface area contributed by atoms with E-state index in [4.69, 9.17) is 0 Å². The summed E-state index contributed by atoms with van der Waals surface area (Å²) in [5.74, 6) is -0.962. The smallest absolute Gasteiger partial charge is 0.310 e. The normalized spacial score (nSPS) is 12.8. The lowest BCUT2D eigenvalue weighted by Gasteiger charge is -2.10. The molecule has 3 heterocycles. The molecule has 3 aromatic heterocycles. The van der Waals surface area contributed by atoms with Gasteiger partial charge in [-0.15, -0.1) is 0 Å². The van der Waals surface area contributed by atoms with Crippen LogP contribution in [0.3, 0.4) is 0 Å². The molecule has 184 valence electrons. The number of carbonyl (C=O) groups is 1. The van der Waals surface area contributed by atoms with E-state index in [0.29, 0.717) is 6.20 Å². The van der Waals surface area contributed by atoms with Crippen LogP contribution in [0.25, 0.3) is 22.7 Å². The van der Waals surface area contributed by atoms with E-state index in [2.05, 4.69) is 19.3 Å². The molecular formula is C20H22F3N5O4S2. The average molecular weight is 518 g/mol. The van der Waals surface area contributed by atoms with E-state index in [1.165, 1.54) is 18.5 Å². The highest BCUT2D eigenvalue weighted by Gasteiger charge is 2.32. The zero-order valence-electron chi connectivity index (χ0n) is 18.8. The fourth-order valence-corrected chi connectivity index (χ4v) is 5.23. The third kappa shape index (κ3) is 4.82. The number of halogens is 3. The monoisotopic (exact) mass is 517 g/mol. The molecule has 0 spiro atoms. The van der Waals surface area contributed by atoms with Crippen LogP contribution in [0.15, 0.2) is 33.8 Å². The van der Waals surface area contributed by atoms with Gasteiger partial charge in [-0.1, -0.05) is 20.8 Å². The fraction of sp³-hybridized carbons (Fsp3) is 0.400. The Labute approximate surface area is 194 Å². The topological polar surface area (TPSA) is 124 Å². The lowest BCUT2D eigenvalue weighted by molar-refractivity contribution is -0.137. The number of hydrogen-bond acceptors (Lipinski definition) is 7. The number of imidazole rings is 1. The van der Waals surface area contributed by atoms with Gasteiger partial charge in [-0.2, -0.15) is 17.5 Å². The second-order valence-electron chi connectivity index (χ2n) is 7.28. The van der Waals surface area contributed by atoms with E-state index in [0.717, 1.165) is 18.3 Å². The van der Waals surface area contributed by atoms with Crippen LogP contribution in [-0.4, -0.2) is 55.3 Å². The third-order valence-electron chi connectivity index (χ3n) is 5.21. The number of nitrogens with zero attached hydrogens (tertiary/aromatic N) is 5. The van der Waals surface area contributed by atoms with Crippen LogP contribution >= 0.6 is 0 Å². The summed E-state index contributed by atoms with van der Waals surface area (Å²) >= 11 is 0. The predicted molar refractivity (Wildman–Crippen MR) is 120 cm³/mol. The van der Waals surface area contributed by atoms with Crippen molar-refractivity contribution >= 4 is 36.6 Å². The second kappa shape index (κ2) is 9.06. The summed E-state index contributed by atoms with van der Waals surface area (Å²) in [6.07, 6.45) is -2.89. The van der Waals surface area contributed by atoms with Crippen LogP contribution in [0, 0.1) is 0 Å². The Bertz CT molecular complexity index is 1490. The van der Waals surface area contributed by atoms with Crippen molar-refractivity contribution in [3.63, 3.8) is 0 Å². The predicted octanol–water partition coefficient (Wildman–Crippen LogP) is 3.49. The number of fused-ring (bicyclic) bond motifs is 1. The number of rotatable bonds is 6. The summed E-state index contributed by atoms with van der Waals surface area (Å²) < 4.78 is 82.5. The first kappa shape index (κ1) is 25.7. The van der Waals surface area contributed by atoms with Crippen LogP contribution in [-0.2, 0) is 32.8 Å². The first-order valence-electron chi connectivity index (χ1n) is 10.2. The van der Waals surface area contributed by atoms with Crippen LogP contribution in [0.5, 0.6) is 0 Å². The molecule has 14 heteroatoms. The van der Waals surface area contributed by atoms with E-state index in [1.807, 2.05) is 0 Å². The van der Waals surface area contributed by atoms with Crippen molar-refractivity contribution in [3.8, 4) is 11.5 Å². The largest absolute Gasteiger partial charge is 0.417 e. The Balaban J connectivity index is 2.25. The molecule has 0 aliphatic carbocycles. The molecule has 0 aliphatic heterocycles. The van der Waals surface area contributed by atoms with E-state index in [1.54, 1.807) is 13.8 Å². The minimum Gasteiger partial charge on any atom is -0.310 e. The van der Waals surface area contributed by atoms with Gasteiger partial charge in [0.25, 0.3) is 5.91 Å². The molecule has 0 radical (unpaired) electrons. The molecule has 0 bridgehead atoms. The van der Waals surface area contributed by atoms with Gasteiger partial charge in [-0.05, 0) is 12.1 Å². The Kier molecular flexibility index (Phi) is 6.86. The van der Waals surface area contributed by atoms with Gasteiger partial charge in [0.2, 0.25) is 0 Å². The van der Waals surface area contributed by atoms with Crippen LogP contribution in [0.2, 0.25) is 0 Å². The van der Waals surface area contributed by atoms with Crippen LogP contribution < -0.4 is 0 Å². The van der Waals surface area contributed by atoms with Gasteiger partial charge in [0.1, 0.15) is 11.2 Å². The summed E-state index contributed by atoms with van der Waals surface area (Å²) in [7, 11) is -5.28. The minimum atomic E-state index is -4.63. The molecule has 0 N–H and O–H groups in total. The molecule has 0 atom stereocenters. The van der Waals surface area contributed by atoms with E-state index < -0.39 is 37.2 Å². The van der Waals surface area contributed by atoms with Gasteiger partial charge in [0.15, 0.2) is 21.3 Å². The summed E-state index contributed by atoms with van der Waals surface area (Å²) in [6.45, 7) is 4.65. The Morgan fingerprint density at radius 1 is 1.03 bits per heavy atom. The molecule has 3 aromatic rings. The Morgan fingerprint density at radius 2 is 1.68 bits per heavy atom. The van der Waals surface area contributed by atoms with Gasteiger partial charge in [0.05, 0.1) is 31.5 Å². The molecule has 0 aromatic carbocycles. The van der Waals surface area contributed by atoms with Gasteiger partial charge in [0, 0.05) is 30.9 Å². The maximum atomic E-state index is 13.1. The van der Waals surface area contributed by atoms with Crippen molar-refractivity contribution < 1.29 is 30.6 Å². The highest BCUT2D eigenvalue weighted by atomic mass is 32.2. The SMILES string of the molecule is CCS(=O)(=O)c1cc(C(=O)N=S(=O)(CC)CC)cnc1-c1nc2cc(C(F)(F)F)cnc2n1C. The molecule has 3 rings (SSSR count). The van der Waals surface area contributed by atoms with Crippen molar-refractivity contribution in [2.24, 2.45) is 11.4 Å². The standard InChI is InChI=1S/C20H22F3N5O4S2/c1-5-33(30,6-2)27-19(29)12-8-15(34(31,32)7-3)16(24-10-12)18-26-14-9-13(20(21,22)23)11-25-17(14)28(18)4/h8-11H,5-7H2,1-4H3. The van der Waals surface area contributed by atoms with Gasteiger partial charge < -0.3 is 4.57 Å². The summed E-state index contributed by atoms with van der Waals surface area (Å²) in [6, 6.07) is 1.88. The van der Waals surface area contributed by atoms with E-state index in [-0.39, 0.29) is 50.4 Å². The molecule has 0 saturated carbocycles. The number of carbonyl (C=O) groups excluding carboxylic acids is 1. The van der Waals surface area contributed by atoms with Crippen molar-refractivity contribution in [1.82, 2.24) is 19.5 Å². The van der Waals surface area contributed by atoms with Gasteiger partial charge >= 0.3 is 6.18 Å². The highest BCUT2D eigenvalue weighted by Crippen LogP contribution is 2.33. The lowest BCUT2D eigenvalue weighted by atomic mass is 10.2. The number of alkyl halides is 3. The fourth-order valence-electron chi connectivity index (χ4n) is 3.10. The highest BCUT2D eigenvalue weighted by molar-refractivity contribution is 7.93. The molecule has 34 heavy (non-hydrogen) atoms. The number of aromatic nitrogens is 4. The molecule has 1 amide bonds. The second-order valence-corrected chi connectivity index (χ2v) is 12.4. The Morgan fingerprint density at radius 3 is 2.24 bits per heavy atom. The lowest BCUT2D eigenvalue weighted by Crippen LogP contribution is -2.13. The molecule has 0 saturated heterocycles. The first-order valence-corrected chi connectivity index (χ1v) is 13.7. The van der Waals surface area contributed by atoms with Gasteiger partial charge in [-0.25, -0.2) is 22.6 Å². The van der Waals surface area contributed by atoms with Gasteiger partial charge in [-0.3, -0.25) is 9.78 Å². The van der Waals surface area contributed by atoms with Crippen molar-refractivity contribution in [2.75, 3.05) is 17.3 Å². The number of sulfone groups is 1. The van der Waals surface area contributed by atoms with Crippen molar-refractivity contribution in [2.45, 2.75) is 31.8 Å². The first-order chi connectivity index (χ1) is 15.8. The van der Waals surface area contributed by atoms with Crippen molar-refractivity contribution in [1.29, 1.82) is 0 Å². The van der Waals surface area contributed by atoms with Crippen molar-refractivity contribution in [3.05, 3.63) is 35.7 Å². The summed E-state index contributed by atoms with van der Waals surface area (Å²) in [5, 5.41) is 0. The zero-order chi connectivity index (χ0) is 25.5. The summed E-state index contributed by atoms with van der Waals surface area (Å²) in [5.41, 5.74) is -1.35. The van der Waals surface area contributed by atoms with Crippen LogP contribution in [0.4, 0.5) is 13.2 Å². The maximum absolute atomic E-state index is 13.1. The van der Waals surface area contributed by atoms with E-state index in [9.17, 15) is 30.6 Å². The molecule has 0 aliphatic rings. The van der Waals surface area contributed by atoms with E-state index >= 15 is 0 Å². The maximum Gasteiger partial charge on any atom is 0.417 e. The number of amides is 1. The number of aryl methyl sites for hydroxylation is 1. The molecule has 0 fully saturated rings. The summed E-state index contributed by atoms with van der Waals surface area (Å²) in [4.78, 5) is 24.3. The number of hydrogen-bond donors (Lipinski definition) is 0. The quantitative estimate of drug-likeness (QED) is 0.490. The number of pyridine rings is 2. The third-order valence-corrected chi connectivity index (χ3v) is 9.26. The average Bonchev–Trinajstić information content (AvgIpc) is 3.13.